The van der Waals surface area contributed by atoms with Crippen LogP contribution in [0.25, 0.3) is 0 Å². The van der Waals surface area contributed by atoms with Crippen LogP contribution in [-0.2, 0) is 17.9 Å². The normalized spacial score (nSPS) is 10.6. The number of nitrogens with one attached hydrogen (secondary N) is 2. The highest BCUT2D eigenvalue weighted by atomic mass is 32.1. The van der Waals surface area contributed by atoms with Gasteiger partial charge in [0, 0.05) is 26.3 Å². The van der Waals surface area contributed by atoms with Crippen LogP contribution in [-0.4, -0.2) is 23.6 Å². The van der Waals surface area contributed by atoms with Gasteiger partial charge in [-0.15, -0.1) is 0 Å². The molecule has 0 fully saturated rings. The summed E-state index contributed by atoms with van der Waals surface area (Å²) in [6.45, 7) is 5.93. The second kappa shape index (κ2) is 7.21. The van der Waals surface area contributed by atoms with Gasteiger partial charge in [0.2, 0.25) is 0 Å². The summed E-state index contributed by atoms with van der Waals surface area (Å²) in [5.41, 5.74) is 2.60. The van der Waals surface area contributed by atoms with Gasteiger partial charge in [-0.05, 0) is 35.7 Å². The van der Waals surface area contributed by atoms with Crippen molar-refractivity contribution in [2.45, 2.75) is 27.0 Å². The second-order valence-corrected chi connectivity index (χ2v) is 5.12. The van der Waals surface area contributed by atoms with E-state index in [-0.39, 0.29) is 0 Å². The third-order valence-corrected chi connectivity index (χ3v) is 3.80. The van der Waals surface area contributed by atoms with Crippen LogP contribution in [0.3, 0.4) is 0 Å². The standard InChI is InChI=1S/C14H20N4OS/c1-4-19-7-14-17-12(15-3)5-13(18-14)16-6-11-9-20-8-10(11)2/h5,8-9H,4,6-7H2,1-3H3,(H2,15,16,17,18). The minimum atomic E-state index is 0.429. The summed E-state index contributed by atoms with van der Waals surface area (Å²) in [7, 11) is 1.85. The molecule has 0 radical (unpaired) electrons. The Balaban J connectivity index is 2.07. The molecule has 0 saturated carbocycles. The summed E-state index contributed by atoms with van der Waals surface area (Å²) in [4.78, 5) is 8.83. The molecule has 0 saturated heterocycles. The molecule has 0 spiro atoms. The molecule has 5 nitrogen and oxygen atoms in total. The van der Waals surface area contributed by atoms with Gasteiger partial charge in [0.1, 0.15) is 18.2 Å². The fourth-order valence-corrected chi connectivity index (χ4v) is 2.58. The fourth-order valence-electron chi connectivity index (χ4n) is 1.73. The van der Waals surface area contributed by atoms with Crippen molar-refractivity contribution in [2.75, 3.05) is 24.3 Å². The van der Waals surface area contributed by atoms with Gasteiger partial charge in [-0.25, -0.2) is 9.97 Å². The van der Waals surface area contributed by atoms with Crippen LogP contribution >= 0.6 is 11.3 Å². The van der Waals surface area contributed by atoms with Gasteiger partial charge < -0.3 is 15.4 Å². The zero-order valence-corrected chi connectivity index (χ0v) is 12.9. The molecule has 2 heterocycles. The predicted octanol–water partition coefficient (Wildman–Crippen LogP) is 3.04. The van der Waals surface area contributed by atoms with Crippen molar-refractivity contribution in [3.8, 4) is 0 Å². The molecular formula is C14H20N4OS. The lowest BCUT2D eigenvalue weighted by molar-refractivity contribution is 0.128. The Hall–Kier alpha value is -1.66. The quantitative estimate of drug-likeness (QED) is 0.821. The molecule has 2 aromatic heterocycles. The van der Waals surface area contributed by atoms with Crippen molar-refractivity contribution in [3.63, 3.8) is 0 Å². The van der Waals surface area contributed by atoms with E-state index in [1.54, 1.807) is 11.3 Å². The molecule has 2 rings (SSSR count). The Kier molecular flexibility index (Phi) is 5.31. The van der Waals surface area contributed by atoms with Crippen LogP contribution in [0, 0.1) is 6.92 Å². The number of rotatable bonds is 7. The van der Waals surface area contributed by atoms with E-state index in [0.29, 0.717) is 19.0 Å². The zero-order chi connectivity index (χ0) is 14.4. The van der Waals surface area contributed by atoms with E-state index in [9.17, 15) is 0 Å². The van der Waals surface area contributed by atoms with Gasteiger partial charge >= 0.3 is 0 Å². The molecule has 0 atom stereocenters. The van der Waals surface area contributed by atoms with E-state index in [4.69, 9.17) is 4.74 Å². The van der Waals surface area contributed by atoms with E-state index in [2.05, 4.69) is 38.3 Å². The highest BCUT2D eigenvalue weighted by molar-refractivity contribution is 7.08. The largest absolute Gasteiger partial charge is 0.374 e. The zero-order valence-electron chi connectivity index (χ0n) is 12.1. The number of aromatic nitrogens is 2. The summed E-state index contributed by atoms with van der Waals surface area (Å²) in [5.74, 6) is 2.28. The third-order valence-electron chi connectivity index (χ3n) is 2.89. The molecule has 20 heavy (non-hydrogen) atoms. The first-order chi connectivity index (χ1) is 9.72. The number of hydrogen-bond donors (Lipinski definition) is 2. The molecular weight excluding hydrogens is 272 g/mol. The smallest absolute Gasteiger partial charge is 0.158 e. The Morgan fingerprint density at radius 3 is 2.70 bits per heavy atom. The number of nitrogens with zero attached hydrogens (tertiary/aromatic N) is 2. The second-order valence-electron chi connectivity index (χ2n) is 4.38. The van der Waals surface area contributed by atoms with Crippen molar-refractivity contribution in [1.82, 2.24) is 9.97 Å². The minimum absolute atomic E-state index is 0.429. The maximum atomic E-state index is 5.36. The van der Waals surface area contributed by atoms with Crippen LogP contribution < -0.4 is 10.6 Å². The molecule has 0 aromatic carbocycles. The van der Waals surface area contributed by atoms with Crippen molar-refractivity contribution < 1.29 is 4.74 Å². The van der Waals surface area contributed by atoms with Gasteiger partial charge in [0.25, 0.3) is 0 Å². The molecule has 6 heteroatoms. The van der Waals surface area contributed by atoms with E-state index >= 15 is 0 Å². The minimum Gasteiger partial charge on any atom is -0.374 e. The molecule has 0 aliphatic heterocycles. The first kappa shape index (κ1) is 14.7. The average molecular weight is 292 g/mol. The number of aryl methyl sites for hydroxylation is 1. The molecule has 108 valence electrons. The topological polar surface area (TPSA) is 59.1 Å². The highest BCUT2D eigenvalue weighted by Crippen LogP contribution is 2.17. The van der Waals surface area contributed by atoms with Crippen LogP contribution in [0.2, 0.25) is 0 Å². The number of ether oxygens (including phenoxy) is 1. The van der Waals surface area contributed by atoms with Crippen molar-refractivity contribution in [1.29, 1.82) is 0 Å². The lowest BCUT2D eigenvalue weighted by atomic mass is 10.2. The monoisotopic (exact) mass is 292 g/mol. The van der Waals surface area contributed by atoms with Gasteiger partial charge in [0.15, 0.2) is 5.82 Å². The lowest BCUT2D eigenvalue weighted by Crippen LogP contribution is -2.08. The molecule has 2 N–H and O–H groups in total. The summed E-state index contributed by atoms with van der Waals surface area (Å²) in [5, 5.41) is 10.7. The Morgan fingerprint density at radius 2 is 2.05 bits per heavy atom. The molecule has 0 aliphatic rings. The fraction of sp³-hybridized carbons (Fsp3) is 0.429. The molecule has 0 unspecified atom stereocenters. The average Bonchev–Trinajstić information content (AvgIpc) is 2.88. The Morgan fingerprint density at radius 1 is 1.25 bits per heavy atom. The maximum Gasteiger partial charge on any atom is 0.158 e. The number of anilines is 2. The van der Waals surface area contributed by atoms with E-state index < -0.39 is 0 Å². The van der Waals surface area contributed by atoms with E-state index in [1.165, 1.54) is 11.1 Å². The molecule has 0 aliphatic carbocycles. The maximum absolute atomic E-state index is 5.36. The summed E-state index contributed by atoms with van der Waals surface area (Å²) < 4.78 is 5.36. The van der Waals surface area contributed by atoms with Crippen LogP contribution in [0.1, 0.15) is 23.9 Å². The Bertz CT molecular complexity index is 556. The third kappa shape index (κ3) is 3.91. The van der Waals surface area contributed by atoms with E-state index in [0.717, 1.165) is 18.2 Å². The highest BCUT2D eigenvalue weighted by Gasteiger charge is 2.05. The molecule has 0 amide bonds. The van der Waals surface area contributed by atoms with Crippen LogP contribution in [0.4, 0.5) is 11.6 Å². The van der Waals surface area contributed by atoms with Gasteiger partial charge in [-0.1, -0.05) is 0 Å². The summed E-state index contributed by atoms with van der Waals surface area (Å²) >= 11 is 1.72. The van der Waals surface area contributed by atoms with Crippen molar-refractivity contribution >= 4 is 23.0 Å². The lowest BCUT2D eigenvalue weighted by Gasteiger charge is -2.10. The van der Waals surface area contributed by atoms with E-state index in [1.807, 2.05) is 20.0 Å². The van der Waals surface area contributed by atoms with Gasteiger partial charge in [0.05, 0.1) is 0 Å². The Labute approximate surface area is 123 Å². The molecule has 0 bridgehead atoms. The van der Waals surface area contributed by atoms with Crippen molar-refractivity contribution in [2.24, 2.45) is 0 Å². The first-order valence-corrected chi connectivity index (χ1v) is 7.56. The SMILES string of the molecule is CCOCc1nc(NC)cc(NCc2cscc2C)n1. The summed E-state index contributed by atoms with van der Waals surface area (Å²) in [6.07, 6.45) is 0. The van der Waals surface area contributed by atoms with Gasteiger partial charge in [-0.2, -0.15) is 11.3 Å². The number of thiophene rings is 1. The first-order valence-electron chi connectivity index (χ1n) is 6.62. The van der Waals surface area contributed by atoms with Gasteiger partial charge in [-0.3, -0.25) is 0 Å². The van der Waals surface area contributed by atoms with Crippen LogP contribution in [0.15, 0.2) is 16.8 Å². The predicted molar refractivity (Wildman–Crippen MR) is 83.3 cm³/mol. The molecule has 2 aromatic rings. The summed E-state index contributed by atoms with van der Waals surface area (Å²) in [6, 6.07) is 1.90. The van der Waals surface area contributed by atoms with Crippen LogP contribution in [0.5, 0.6) is 0 Å². The number of hydrogen-bond acceptors (Lipinski definition) is 6. The van der Waals surface area contributed by atoms with Crippen molar-refractivity contribution in [3.05, 3.63) is 33.8 Å².